The van der Waals surface area contributed by atoms with Gasteiger partial charge >= 0.3 is 6.03 Å². The van der Waals surface area contributed by atoms with Crippen molar-refractivity contribution < 1.29 is 14.3 Å². The molecule has 0 aliphatic carbocycles. The first-order valence-electron chi connectivity index (χ1n) is 5.63. The highest BCUT2D eigenvalue weighted by Gasteiger charge is 2.42. The number of hydrogen-bond acceptors (Lipinski definition) is 4. The number of carbonyl (C=O) groups is 1. The van der Waals surface area contributed by atoms with Gasteiger partial charge in [0.25, 0.3) is 0 Å². The number of likely N-dealkylation sites (N-methyl/N-ethyl adjacent to an activating group) is 1. The van der Waals surface area contributed by atoms with E-state index in [0.29, 0.717) is 10.0 Å². The molecule has 1 N–H and O–H groups in total. The predicted octanol–water partition coefficient (Wildman–Crippen LogP) is 1.93. The summed E-state index contributed by atoms with van der Waals surface area (Å²) in [6.07, 6.45) is 0.451. The van der Waals surface area contributed by atoms with E-state index in [4.69, 9.17) is 0 Å². The van der Waals surface area contributed by atoms with Crippen LogP contribution in [-0.4, -0.2) is 40.3 Å². The topological polar surface area (TPSA) is 56.7 Å². The fourth-order valence-electron chi connectivity index (χ4n) is 1.72. The molecule has 1 fully saturated rings. The number of alkyl halides is 1. The van der Waals surface area contributed by atoms with Crippen molar-refractivity contribution in [2.45, 2.75) is 38.7 Å². The van der Waals surface area contributed by atoms with Gasteiger partial charge in [0, 0.05) is 13.2 Å². The Morgan fingerprint density at radius 1 is 1.56 bits per heavy atom. The maximum atomic E-state index is 13.8. The van der Waals surface area contributed by atoms with Crippen LogP contribution in [0.15, 0.2) is 6.20 Å². The van der Waals surface area contributed by atoms with Crippen molar-refractivity contribution in [3.63, 3.8) is 0 Å². The molecule has 2 heterocycles. The Bertz CT molecular complexity index is 471. The van der Waals surface area contributed by atoms with E-state index >= 15 is 0 Å². The Balaban J connectivity index is 2.33. The third-order valence-corrected chi connectivity index (χ3v) is 4.40. The third-order valence-electron chi connectivity index (χ3n) is 3.10. The monoisotopic (exact) mass is 273 g/mol. The summed E-state index contributed by atoms with van der Waals surface area (Å²) in [6, 6.07) is -0.643. The molecule has 2 unspecified atom stereocenters. The lowest BCUT2D eigenvalue weighted by atomic mass is 10.1. The van der Waals surface area contributed by atoms with Gasteiger partial charge in [-0.15, -0.1) is 0 Å². The molecule has 7 heteroatoms. The fraction of sp³-hybridized carbons (Fsp3) is 0.636. The molecule has 1 aromatic rings. The standard InChI is InChI=1S/C11H16FN3O2S/c1-6-8(16)15(10(17)14(6)4)9-13-5-7(18-9)11(2,3)12/h5-6,8,16H,1-4H3. The first-order chi connectivity index (χ1) is 8.23. The highest BCUT2D eigenvalue weighted by Crippen LogP contribution is 2.36. The number of hydrogen-bond donors (Lipinski definition) is 1. The van der Waals surface area contributed by atoms with Crippen LogP contribution in [0.3, 0.4) is 0 Å². The van der Waals surface area contributed by atoms with E-state index in [1.807, 2.05) is 0 Å². The van der Waals surface area contributed by atoms with E-state index in [9.17, 15) is 14.3 Å². The third kappa shape index (κ3) is 1.97. The lowest BCUT2D eigenvalue weighted by Gasteiger charge is -2.17. The van der Waals surface area contributed by atoms with Crippen molar-refractivity contribution in [3.8, 4) is 0 Å². The summed E-state index contributed by atoms with van der Waals surface area (Å²) in [5.74, 6) is 0. The predicted molar refractivity (Wildman–Crippen MR) is 67.4 cm³/mol. The first-order valence-corrected chi connectivity index (χ1v) is 6.44. The van der Waals surface area contributed by atoms with Crippen LogP contribution in [-0.2, 0) is 5.67 Å². The van der Waals surface area contributed by atoms with Gasteiger partial charge in [-0.1, -0.05) is 11.3 Å². The molecule has 0 saturated carbocycles. The molecule has 0 bridgehead atoms. The van der Waals surface area contributed by atoms with E-state index in [2.05, 4.69) is 4.98 Å². The molecule has 0 aromatic carbocycles. The maximum Gasteiger partial charge on any atom is 0.328 e. The molecular weight excluding hydrogens is 257 g/mol. The number of rotatable bonds is 2. The van der Waals surface area contributed by atoms with Gasteiger partial charge in [0.1, 0.15) is 5.67 Å². The Labute approximate surface area is 109 Å². The summed E-state index contributed by atoms with van der Waals surface area (Å²) >= 11 is 1.08. The van der Waals surface area contributed by atoms with Crippen molar-refractivity contribution in [2.75, 3.05) is 11.9 Å². The number of urea groups is 1. The van der Waals surface area contributed by atoms with Crippen LogP contribution in [0.25, 0.3) is 0 Å². The van der Waals surface area contributed by atoms with Crippen molar-refractivity contribution in [1.82, 2.24) is 9.88 Å². The van der Waals surface area contributed by atoms with Crippen LogP contribution < -0.4 is 4.90 Å². The molecule has 2 atom stereocenters. The maximum absolute atomic E-state index is 13.8. The van der Waals surface area contributed by atoms with Crippen LogP contribution in [0, 0.1) is 0 Å². The second-order valence-corrected chi connectivity index (χ2v) is 5.91. The zero-order chi connectivity index (χ0) is 13.7. The average molecular weight is 273 g/mol. The highest BCUT2D eigenvalue weighted by atomic mass is 32.1. The van der Waals surface area contributed by atoms with Crippen LogP contribution in [0.5, 0.6) is 0 Å². The lowest BCUT2D eigenvalue weighted by Crippen LogP contribution is -2.35. The van der Waals surface area contributed by atoms with Crippen LogP contribution >= 0.6 is 11.3 Å². The van der Waals surface area contributed by atoms with Crippen molar-refractivity contribution in [2.24, 2.45) is 0 Å². The number of halogens is 1. The summed E-state index contributed by atoms with van der Waals surface area (Å²) in [4.78, 5) is 19.0. The molecule has 0 spiro atoms. The zero-order valence-electron chi connectivity index (χ0n) is 10.7. The molecule has 1 aliphatic heterocycles. The van der Waals surface area contributed by atoms with Crippen molar-refractivity contribution in [1.29, 1.82) is 0 Å². The smallest absolute Gasteiger partial charge is 0.328 e. The van der Waals surface area contributed by atoms with E-state index in [-0.39, 0.29) is 12.1 Å². The normalized spacial score (nSPS) is 25.1. The summed E-state index contributed by atoms with van der Waals surface area (Å²) < 4.78 is 13.8. The first kappa shape index (κ1) is 13.2. The Morgan fingerprint density at radius 3 is 2.56 bits per heavy atom. The molecule has 1 saturated heterocycles. The molecule has 5 nitrogen and oxygen atoms in total. The molecule has 1 aliphatic rings. The van der Waals surface area contributed by atoms with Crippen LogP contribution in [0.4, 0.5) is 14.3 Å². The SMILES string of the molecule is CC1C(O)N(c2ncc(C(C)(C)F)s2)C(=O)N1C. The number of aliphatic hydroxyl groups excluding tert-OH is 1. The number of carbonyl (C=O) groups excluding carboxylic acids is 1. The molecule has 1 aromatic heterocycles. The summed E-state index contributed by atoms with van der Waals surface area (Å²) in [7, 11) is 1.61. The van der Waals surface area contributed by atoms with E-state index in [1.165, 1.54) is 29.8 Å². The zero-order valence-corrected chi connectivity index (χ0v) is 11.5. The highest BCUT2D eigenvalue weighted by molar-refractivity contribution is 7.15. The minimum absolute atomic E-state index is 0.316. The second-order valence-electron chi connectivity index (χ2n) is 4.90. The lowest BCUT2D eigenvalue weighted by molar-refractivity contribution is 0.138. The molecule has 18 heavy (non-hydrogen) atoms. The van der Waals surface area contributed by atoms with Gasteiger partial charge in [-0.05, 0) is 20.8 Å². The van der Waals surface area contributed by atoms with E-state index < -0.39 is 11.9 Å². The number of aliphatic hydroxyl groups is 1. The summed E-state index contributed by atoms with van der Waals surface area (Å²) in [5.41, 5.74) is -1.50. The van der Waals surface area contributed by atoms with Crippen molar-refractivity contribution >= 4 is 22.5 Å². The van der Waals surface area contributed by atoms with Gasteiger partial charge in [0.2, 0.25) is 0 Å². The minimum atomic E-state index is -1.50. The van der Waals surface area contributed by atoms with Gasteiger partial charge in [-0.3, -0.25) is 0 Å². The number of amides is 2. The number of aromatic nitrogens is 1. The Kier molecular flexibility index (Phi) is 3.06. The van der Waals surface area contributed by atoms with Crippen LogP contribution in [0.2, 0.25) is 0 Å². The Hall–Kier alpha value is -1.21. The number of nitrogens with zero attached hydrogens (tertiary/aromatic N) is 3. The molecule has 2 rings (SSSR count). The number of thiazole rings is 1. The van der Waals surface area contributed by atoms with Gasteiger partial charge in [-0.2, -0.15) is 0 Å². The van der Waals surface area contributed by atoms with Crippen molar-refractivity contribution in [3.05, 3.63) is 11.1 Å². The van der Waals surface area contributed by atoms with Crippen LogP contribution in [0.1, 0.15) is 25.6 Å². The molecular formula is C11H16FN3O2S. The molecule has 2 amide bonds. The minimum Gasteiger partial charge on any atom is -0.371 e. The van der Waals surface area contributed by atoms with E-state index in [1.54, 1.807) is 14.0 Å². The summed E-state index contributed by atoms with van der Waals surface area (Å²) in [5, 5.41) is 10.3. The average Bonchev–Trinajstić information content (AvgIpc) is 2.81. The summed E-state index contributed by atoms with van der Waals surface area (Å²) in [6.45, 7) is 4.61. The van der Waals surface area contributed by atoms with Gasteiger partial charge in [-0.25, -0.2) is 19.1 Å². The Morgan fingerprint density at radius 2 is 2.17 bits per heavy atom. The van der Waals surface area contributed by atoms with E-state index in [0.717, 1.165) is 11.3 Å². The van der Waals surface area contributed by atoms with Gasteiger partial charge in [0.15, 0.2) is 11.4 Å². The quantitative estimate of drug-likeness (QED) is 0.895. The number of anilines is 1. The molecule has 0 radical (unpaired) electrons. The largest absolute Gasteiger partial charge is 0.371 e. The molecule has 100 valence electrons. The van der Waals surface area contributed by atoms with Gasteiger partial charge in [0.05, 0.1) is 10.9 Å². The fourth-order valence-corrected chi connectivity index (χ4v) is 2.65. The van der Waals surface area contributed by atoms with Gasteiger partial charge < -0.3 is 10.0 Å². The second kappa shape index (κ2) is 4.17.